The SMILES string of the molecule is Fc1ccn(Cc2ccc(Cl)nc2)c2cc(=S)oc1-2. The van der Waals surface area contributed by atoms with E-state index in [0.29, 0.717) is 17.4 Å². The van der Waals surface area contributed by atoms with Crippen molar-refractivity contribution in [2.24, 2.45) is 0 Å². The van der Waals surface area contributed by atoms with Gasteiger partial charge in [-0.25, -0.2) is 9.37 Å². The summed E-state index contributed by atoms with van der Waals surface area (Å²) in [5.41, 5.74) is 1.58. The molecular formula is C13H8ClFN2OS. The van der Waals surface area contributed by atoms with Crippen molar-refractivity contribution >= 4 is 23.8 Å². The summed E-state index contributed by atoms with van der Waals surface area (Å²) in [4.78, 5) is 4.01. The van der Waals surface area contributed by atoms with Crippen molar-refractivity contribution in [2.75, 3.05) is 0 Å². The molecule has 0 N–H and O–H groups in total. The number of aromatic nitrogens is 2. The minimum absolute atomic E-state index is 0.175. The van der Waals surface area contributed by atoms with Gasteiger partial charge in [-0.1, -0.05) is 17.7 Å². The van der Waals surface area contributed by atoms with Gasteiger partial charge >= 0.3 is 0 Å². The molecule has 2 aliphatic heterocycles. The average Bonchev–Trinajstić information content (AvgIpc) is 2.78. The second kappa shape index (κ2) is 4.75. The van der Waals surface area contributed by atoms with Gasteiger partial charge in [-0.05, 0) is 29.9 Å². The van der Waals surface area contributed by atoms with Crippen molar-refractivity contribution in [2.45, 2.75) is 6.54 Å². The van der Waals surface area contributed by atoms with Gasteiger partial charge in [0.1, 0.15) is 5.15 Å². The average molecular weight is 295 g/mol. The number of nitrogens with zero attached hydrogens (tertiary/aromatic N) is 2. The van der Waals surface area contributed by atoms with Crippen LogP contribution in [0.4, 0.5) is 4.39 Å². The second-order valence-corrected chi connectivity index (χ2v) is 4.85. The first-order valence-corrected chi connectivity index (χ1v) is 6.31. The Labute approximate surface area is 118 Å². The normalized spacial score (nSPS) is 11.1. The van der Waals surface area contributed by atoms with E-state index in [9.17, 15) is 4.39 Å². The summed E-state index contributed by atoms with van der Waals surface area (Å²) in [6.45, 7) is 0.537. The Kier molecular flexibility index (Phi) is 3.08. The third kappa shape index (κ3) is 2.39. The Bertz CT molecular complexity index is 750. The molecule has 0 amide bonds. The van der Waals surface area contributed by atoms with Crippen LogP contribution in [0, 0.1) is 10.5 Å². The van der Waals surface area contributed by atoms with Crippen molar-refractivity contribution in [3.05, 3.63) is 57.9 Å². The predicted octanol–water partition coefficient (Wildman–Crippen LogP) is 4.15. The predicted molar refractivity (Wildman–Crippen MR) is 72.5 cm³/mol. The summed E-state index contributed by atoms with van der Waals surface area (Å²) < 4.78 is 20.9. The molecule has 0 fully saturated rings. The zero-order valence-electron chi connectivity index (χ0n) is 9.64. The molecule has 19 heavy (non-hydrogen) atoms. The van der Waals surface area contributed by atoms with Gasteiger partial charge in [-0.3, -0.25) is 0 Å². The van der Waals surface area contributed by atoms with Crippen LogP contribution >= 0.6 is 23.8 Å². The molecule has 96 valence electrons. The fourth-order valence-corrected chi connectivity index (χ4v) is 2.20. The van der Waals surface area contributed by atoms with Crippen LogP contribution in [0.1, 0.15) is 5.56 Å². The first-order valence-electron chi connectivity index (χ1n) is 5.52. The van der Waals surface area contributed by atoms with Gasteiger partial charge < -0.3 is 8.98 Å². The van der Waals surface area contributed by atoms with E-state index in [1.54, 1.807) is 24.5 Å². The van der Waals surface area contributed by atoms with Crippen LogP contribution in [0.2, 0.25) is 5.15 Å². The molecule has 3 nitrogen and oxygen atoms in total. The lowest BCUT2D eigenvalue weighted by Gasteiger charge is -2.11. The van der Waals surface area contributed by atoms with Crippen molar-refractivity contribution in [3.63, 3.8) is 0 Å². The van der Waals surface area contributed by atoms with Crippen molar-refractivity contribution in [1.29, 1.82) is 0 Å². The molecule has 2 aliphatic rings. The Morgan fingerprint density at radius 1 is 1.37 bits per heavy atom. The van der Waals surface area contributed by atoms with Crippen molar-refractivity contribution in [3.8, 4) is 11.5 Å². The Hall–Kier alpha value is -1.72. The minimum atomic E-state index is -0.420. The zero-order chi connectivity index (χ0) is 13.4. The van der Waals surface area contributed by atoms with E-state index >= 15 is 0 Å². The molecule has 1 aromatic heterocycles. The lowest BCUT2D eigenvalue weighted by Crippen LogP contribution is -2.04. The molecule has 0 saturated heterocycles. The number of fused-ring (bicyclic) bond motifs is 1. The van der Waals surface area contributed by atoms with Crippen LogP contribution < -0.4 is 0 Å². The number of hydrogen-bond acceptors (Lipinski definition) is 3. The van der Waals surface area contributed by atoms with Gasteiger partial charge in [0.2, 0.25) is 0 Å². The minimum Gasteiger partial charge on any atom is -0.440 e. The molecule has 0 radical (unpaired) electrons. The van der Waals surface area contributed by atoms with Crippen LogP contribution in [0.15, 0.2) is 41.1 Å². The van der Waals surface area contributed by atoms with Crippen LogP contribution in [0.3, 0.4) is 0 Å². The quantitative estimate of drug-likeness (QED) is 0.525. The summed E-state index contributed by atoms with van der Waals surface area (Å²) in [7, 11) is 0. The maximum absolute atomic E-state index is 13.6. The van der Waals surface area contributed by atoms with Gasteiger partial charge in [0.25, 0.3) is 0 Å². The number of halogens is 2. The largest absolute Gasteiger partial charge is 0.440 e. The van der Waals surface area contributed by atoms with Crippen LogP contribution in [0.25, 0.3) is 11.5 Å². The molecule has 0 atom stereocenters. The summed E-state index contributed by atoms with van der Waals surface area (Å²) >= 11 is 10.7. The van der Waals surface area contributed by atoms with Gasteiger partial charge in [-0.2, -0.15) is 0 Å². The van der Waals surface area contributed by atoms with Crippen LogP contribution in [0.5, 0.6) is 0 Å². The monoisotopic (exact) mass is 294 g/mol. The Balaban J connectivity index is 2.04. The molecular weight excluding hydrogens is 287 g/mol. The molecule has 6 heteroatoms. The molecule has 3 rings (SSSR count). The second-order valence-electron chi connectivity index (χ2n) is 4.06. The highest BCUT2D eigenvalue weighted by atomic mass is 35.5. The van der Waals surface area contributed by atoms with Gasteiger partial charge in [0.15, 0.2) is 16.3 Å². The lowest BCUT2D eigenvalue weighted by molar-refractivity contribution is 0.510. The first kappa shape index (κ1) is 12.3. The summed E-state index contributed by atoms with van der Waals surface area (Å²) in [5.74, 6) is -0.244. The number of furan rings is 1. The maximum atomic E-state index is 13.6. The Morgan fingerprint density at radius 2 is 2.21 bits per heavy atom. The summed E-state index contributed by atoms with van der Waals surface area (Å²) in [5, 5.41) is 0.439. The third-order valence-corrected chi connectivity index (χ3v) is 3.18. The zero-order valence-corrected chi connectivity index (χ0v) is 11.2. The van der Waals surface area contributed by atoms with Crippen molar-refractivity contribution in [1.82, 2.24) is 9.55 Å². The topological polar surface area (TPSA) is 31.0 Å². The molecule has 0 bridgehead atoms. The van der Waals surface area contributed by atoms with Crippen LogP contribution in [-0.4, -0.2) is 9.55 Å². The molecule has 0 spiro atoms. The number of hydrogen-bond donors (Lipinski definition) is 0. The standard InChI is InChI=1S/C13H8ClFN2OS/c14-11-2-1-8(6-16-11)7-17-4-3-9(15)13-10(17)5-12(19)18-13/h1-6H,7H2. The van der Waals surface area contributed by atoms with Crippen molar-refractivity contribution < 1.29 is 8.81 Å². The highest BCUT2D eigenvalue weighted by Crippen LogP contribution is 2.27. The van der Waals surface area contributed by atoms with Gasteiger partial charge in [0, 0.05) is 25.0 Å². The molecule has 1 aromatic rings. The molecule has 0 aromatic carbocycles. The summed E-state index contributed by atoms with van der Waals surface area (Å²) in [6.07, 6.45) is 3.33. The van der Waals surface area contributed by atoms with E-state index in [1.807, 2.05) is 10.6 Å². The van der Waals surface area contributed by atoms with E-state index in [-0.39, 0.29) is 10.5 Å². The third-order valence-electron chi connectivity index (χ3n) is 2.76. The number of pyridine rings is 2. The van der Waals surface area contributed by atoms with Gasteiger partial charge in [0.05, 0.1) is 5.69 Å². The highest BCUT2D eigenvalue weighted by molar-refractivity contribution is 7.71. The fourth-order valence-electron chi connectivity index (χ4n) is 1.89. The van der Waals surface area contributed by atoms with Crippen LogP contribution in [-0.2, 0) is 6.54 Å². The van der Waals surface area contributed by atoms with E-state index in [0.717, 1.165) is 5.56 Å². The number of rotatable bonds is 2. The van der Waals surface area contributed by atoms with Gasteiger partial charge in [-0.15, -0.1) is 0 Å². The lowest BCUT2D eigenvalue weighted by atomic mass is 10.2. The molecule has 0 saturated carbocycles. The fraction of sp³-hybridized carbons (Fsp3) is 0.0769. The molecule has 0 aliphatic carbocycles. The van der Waals surface area contributed by atoms with E-state index in [1.165, 1.54) is 6.07 Å². The van der Waals surface area contributed by atoms with E-state index in [2.05, 4.69) is 4.98 Å². The molecule has 3 heterocycles. The Morgan fingerprint density at radius 3 is 2.95 bits per heavy atom. The highest BCUT2D eigenvalue weighted by Gasteiger charge is 2.16. The summed E-state index contributed by atoms with van der Waals surface area (Å²) in [6, 6.07) is 6.57. The molecule has 0 unspecified atom stereocenters. The smallest absolute Gasteiger partial charge is 0.193 e. The maximum Gasteiger partial charge on any atom is 0.193 e. The van der Waals surface area contributed by atoms with E-state index < -0.39 is 5.82 Å². The first-order chi connectivity index (χ1) is 9.13. The van der Waals surface area contributed by atoms with E-state index in [4.69, 9.17) is 28.2 Å².